The molecule has 11 heteroatoms. The minimum absolute atomic E-state index is 0.0967. The highest BCUT2D eigenvalue weighted by Crippen LogP contribution is 2.32. The van der Waals surface area contributed by atoms with Crippen molar-refractivity contribution < 1.29 is 23.6 Å². The van der Waals surface area contributed by atoms with Crippen LogP contribution in [0.15, 0.2) is 89.8 Å². The highest BCUT2D eigenvalue weighted by molar-refractivity contribution is 7.92. The first-order valence-corrected chi connectivity index (χ1v) is 14.3. The summed E-state index contributed by atoms with van der Waals surface area (Å²) < 4.78 is 27.0. The van der Waals surface area contributed by atoms with Crippen LogP contribution in [0.25, 0.3) is 11.1 Å². The Hall–Kier alpha value is -4.74. The molecule has 0 saturated carbocycles. The van der Waals surface area contributed by atoms with Gasteiger partial charge in [-0.25, -0.2) is 9.71 Å². The Labute approximate surface area is 248 Å². The van der Waals surface area contributed by atoms with Crippen molar-refractivity contribution in [3.63, 3.8) is 0 Å². The van der Waals surface area contributed by atoms with Gasteiger partial charge in [-0.1, -0.05) is 30.3 Å². The van der Waals surface area contributed by atoms with E-state index in [1.807, 2.05) is 48.5 Å². The Kier molecular flexibility index (Phi) is 10.2. The number of ether oxygens (including phenoxy) is 2. The van der Waals surface area contributed by atoms with E-state index in [4.69, 9.17) is 9.47 Å². The summed E-state index contributed by atoms with van der Waals surface area (Å²) >= 11 is -1.65. The molecule has 0 fully saturated rings. The molecule has 3 aromatic carbocycles. The second-order valence-corrected chi connectivity index (χ2v) is 10.5. The molecule has 1 heterocycles. The molecule has 0 radical (unpaired) electrons. The van der Waals surface area contributed by atoms with Gasteiger partial charge in [-0.2, -0.15) is 0 Å². The van der Waals surface area contributed by atoms with Crippen LogP contribution in [-0.2, 0) is 11.4 Å². The average molecular weight is 588 g/mol. The number of aromatic nitrogens is 1. The van der Waals surface area contributed by atoms with Gasteiger partial charge < -0.3 is 29.6 Å². The molecule has 218 valence electrons. The van der Waals surface area contributed by atoms with Crippen molar-refractivity contribution >= 4 is 34.6 Å². The van der Waals surface area contributed by atoms with Gasteiger partial charge in [0.05, 0.1) is 19.9 Å². The van der Waals surface area contributed by atoms with E-state index in [9.17, 15) is 14.1 Å². The van der Waals surface area contributed by atoms with Crippen molar-refractivity contribution in [2.45, 2.75) is 4.90 Å². The zero-order valence-corrected chi connectivity index (χ0v) is 24.7. The van der Waals surface area contributed by atoms with Gasteiger partial charge in [-0.15, -0.1) is 0 Å². The van der Waals surface area contributed by atoms with Crippen molar-refractivity contribution in [3.8, 4) is 22.8 Å². The number of amides is 2. The molecule has 10 nitrogen and oxygen atoms in total. The van der Waals surface area contributed by atoms with Crippen LogP contribution >= 0.6 is 0 Å². The number of nitrogens with zero attached hydrogens (tertiary/aromatic N) is 2. The minimum Gasteiger partial charge on any atom is -0.588 e. The maximum Gasteiger partial charge on any atom is 0.270 e. The second kappa shape index (κ2) is 14.2. The molecule has 0 aliphatic heterocycles. The molecule has 0 spiro atoms. The largest absolute Gasteiger partial charge is 0.588 e. The van der Waals surface area contributed by atoms with Crippen LogP contribution in [0.1, 0.15) is 20.8 Å². The van der Waals surface area contributed by atoms with Crippen molar-refractivity contribution in [2.75, 3.05) is 51.4 Å². The highest BCUT2D eigenvalue weighted by atomic mass is 32.2. The van der Waals surface area contributed by atoms with E-state index in [1.54, 1.807) is 50.5 Å². The lowest BCUT2D eigenvalue weighted by Gasteiger charge is -2.16. The number of pyridine rings is 1. The summed E-state index contributed by atoms with van der Waals surface area (Å²) in [4.78, 5) is 30.9. The van der Waals surface area contributed by atoms with E-state index in [1.165, 1.54) is 19.1 Å². The van der Waals surface area contributed by atoms with Gasteiger partial charge >= 0.3 is 0 Å². The molecule has 1 atom stereocenters. The fourth-order valence-electron chi connectivity index (χ4n) is 4.07. The van der Waals surface area contributed by atoms with Gasteiger partial charge in [0.1, 0.15) is 17.1 Å². The number of anilines is 2. The molecule has 0 aliphatic carbocycles. The number of hydrogen-bond donors (Lipinski definition) is 3. The van der Waals surface area contributed by atoms with Gasteiger partial charge in [0, 0.05) is 50.6 Å². The first-order chi connectivity index (χ1) is 20.3. The van der Waals surface area contributed by atoms with E-state index in [0.717, 1.165) is 16.8 Å². The molecular weight excluding hydrogens is 554 g/mol. The van der Waals surface area contributed by atoms with Crippen LogP contribution in [0, 0.1) is 0 Å². The molecule has 4 aromatic rings. The zero-order valence-electron chi connectivity index (χ0n) is 23.8. The van der Waals surface area contributed by atoms with E-state index in [-0.39, 0.29) is 17.5 Å². The van der Waals surface area contributed by atoms with E-state index >= 15 is 0 Å². The molecule has 1 aromatic heterocycles. The number of carbonyl (C=O) groups is 2. The number of benzene rings is 3. The minimum atomic E-state index is -1.65. The molecule has 2 amide bonds. The Morgan fingerprint density at radius 3 is 2.36 bits per heavy atom. The van der Waals surface area contributed by atoms with E-state index in [0.29, 0.717) is 40.9 Å². The standard InChI is InChI=1S/C31H33N5O5S/c1-36(2)31(38)23-9-5-8-21(18-23)22-14-15-27(40-3)28(19-22)42(39)35-25-11-6-10-24(20-25)32-16-17-33-30(37)26-12-7-13-29(34-26)41-4/h5-15,18-20,32,35H,16-17H2,1-4H3,(H,33,37). The second-order valence-electron chi connectivity index (χ2n) is 9.35. The Morgan fingerprint density at radius 1 is 0.857 bits per heavy atom. The van der Waals surface area contributed by atoms with Gasteiger partial charge in [-0.05, 0) is 53.6 Å². The van der Waals surface area contributed by atoms with Crippen LogP contribution in [0.2, 0.25) is 0 Å². The molecular formula is C31H33N5O5S. The maximum absolute atomic E-state index is 13.4. The topological polar surface area (TPSA) is 128 Å². The summed E-state index contributed by atoms with van der Waals surface area (Å²) in [6.45, 7) is 0.833. The quantitative estimate of drug-likeness (QED) is 0.164. The number of methoxy groups -OCH3 is 2. The third-order valence-corrected chi connectivity index (χ3v) is 7.33. The number of nitrogens with one attached hydrogen (secondary N) is 3. The predicted molar refractivity (Wildman–Crippen MR) is 165 cm³/mol. The van der Waals surface area contributed by atoms with Crippen LogP contribution in [0.5, 0.6) is 11.6 Å². The number of rotatable bonds is 12. The summed E-state index contributed by atoms with van der Waals surface area (Å²) in [5.41, 5.74) is 3.88. The summed E-state index contributed by atoms with van der Waals surface area (Å²) in [6, 6.07) is 25.1. The molecule has 3 N–H and O–H groups in total. The average Bonchev–Trinajstić information content (AvgIpc) is 3.02. The molecule has 0 saturated heterocycles. The number of carbonyl (C=O) groups excluding carboxylic acids is 2. The molecule has 0 aliphatic rings. The summed E-state index contributed by atoms with van der Waals surface area (Å²) in [7, 11) is 6.44. The van der Waals surface area contributed by atoms with Crippen LogP contribution in [0.3, 0.4) is 0 Å². The fraction of sp³-hybridized carbons (Fsp3) is 0.194. The van der Waals surface area contributed by atoms with Crippen molar-refractivity contribution in [2.24, 2.45) is 0 Å². The van der Waals surface area contributed by atoms with E-state index in [2.05, 4.69) is 20.3 Å². The smallest absolute Gasteiger partial charge is 0.270 e. The van der Waals surface area contributed by atoms with Crippen molar-refractivity contribution in [3.05, 3.63) is 96.2 Å². The van der Waals surface area contributed by atoms with Crippen molar-refractivity contribution in [1.29, 1.82) is 0 Å². The van der Waals surface area contributed by atoms with Gasteiger partial charge in [0.25, 0.3) is 11.8 Å². The first-order valence-electron chi connectivity index (χ1n) is 13.1. The number of hydrogen-bond acceptors (Lipinski definition) is 8. The maximum atomic E-state index is 13.4. The van der Waals surface area contributed by atoms with Gasteiger partial charge in [0.2, 0.25) is 10.8 Å². The first kappa shape index (κ1) is 30.2. The fourth-order valence-corrected chi connectivity index (χ4v) is 5.09. The normalized spacial score (nSPS) is 11.3. The molecule has 42 heavy (non-hydrogen) atoms. The lowest BCUT2D eigenvalue weighted by Crippen LogP contribution is -2.29. The Balaban J connectivity index is 1.40. The Bertz CT molecular complexity index is 1550. The molecule has 1 unspecified atom stereocenters. The summed E-state index contributed by atoms with van der Waals surface area (Å²) in [5, 5.41) is 6.07. The third-order valence-electron chi connectivity index (χ3n) is 6.19. The predicted octanol–water partition coefficient (Wildman–Crippen LogP) is 4.44. The third kappa shape index (κ3) is 7.71. The monoisotopic (exact) mass is 587 g/mol. The summed E-state index contributed by atoms with van der Waals surface area (Å²) in [5.74, 6) is 0.451. The Morgan fingerprint density at radius 2 is 1.60 bits per heavy atom. The van der Waals surface area contributed by atoms with Gasteiger partial charge in [0.15, 0.2) is 5.75 Å². The summed E-state index contributed by atoms with van der Waals surface area (Å²) in [6.07, 6.45) is 0. The van der Waals surface area contributed by atoms with E-state index < -0.39 is 11.4 Å². The van der Waals surface area contributed by atoms with Crippen LogP contribution < -0.4 is 24.8 Å². The molecule has 0 bridgehead atoms. The lowest BCUT2D eigenvalue weighted by atomic mass is 10.0. The lowest BCUT2D eigenvalue weighted by molar-refractivity contribution is 0.0827. The molecule has 4 rings (SSSR count). The van der Waals surface area contributed by atoms with Crippen LogP contribution in [-0.4, -0.2) is 67.7 Å². The SMILES string of the molecule is COc1cccc(C(=O)NCCNc2cccc(N[S+]([O-])c3cc(-c4cccc(C(=O)N(C)C)c4)ccc3OC)c2)n1. The highest BCUT2D eigenvalue weighted by Gasteiger charge is 2.20. The van der Waals surface area contributed by atoms with Gasteiger partial charge in [-0.3, -0.25) is 9.59 Å². The van der Waals surface area contributed by atoms with Crippen molar-refractivity contribution in [1.82, 2.24) is 15.2 Å². The van der Waals surface area contributed by atoms with Crippen LogP contribution in [0.4, 0.5) is 11.4 Å². The zero-order chi connectivity index (χ0) is 30.1.